The van der Waals surface area contributed by atoms with Gasteiger partial charge in [0.05, 0.1) is 19.1 Å². The van der Waals surface area contributed by atoms with E-state index in [2.05, 4.69) is 21.2 Å². The number of nitrogens with one attached hydrogen (secondary N) is 1. The molecule has 1 atom stereocenters. The quantitative estimate of drug-likeness (QED) is 0.357. The molecule has 1 N–H and O–H groups in total. The number of rotatable bonds is 13. The van der Waals surface area contributed by atoms with E-state index in [9.17, 15) is 18.0 Å². The fourth-order valence-corrected chi connectivity index (χ4v) is 4.88. The number of amides is 2. The number of benzene rings is 2. The van der Waals surface area contributed by atoms with Gasteiger partial charge in [0.25, 0.3) is 0 Å². The molecule has 2 aromatic rings. The maximum absolute atomic E-state index is 13.7. The van der Waals surface area contributed by atoms with Crippen molar-refractivity contribution >= 4 is 43.5 Å². The van der Waals surface area contributed by atoms with Crippen molar-refractivity contribution in [2.75, 3.05) is 30.8 Å². The maximum Gasteiger partial charge on any atom is 0.244 e. The molecule has 0 saturated carbocycles. The van der Waals surface area contributed by atoms with Crippen LogP contribution in [0.15, 0.2) is 46.9 Å². The van der Waals surface area contributed by atoms with Gasteiger partial charge in [-0.1, -0.05) is 48.3 Å². The molecule has 2 rings (SSSR count). The monoisotopic (exact) mass is 581 g/mol. The first-order valence-electron chi connectivity index (χ1n) is 12.0. The van der Waals surface area contributed by atoms with Crippen LogP contribution >= 0.6 is 15.9 Å². The van der Waals surface area contributed by atoms with Crippen molar-refractivity contribution in [2.24, 2.45) is 0 Å². The van der Waals surface area contributed by atoms with Crippen molar-refractivity contribution in [2.45, 2.75) is 52.6 Å². The van der Waals surface area contributed by atoms with E-state index < -0.39 is 28.5 Å². The molecule has 0 heterocycles. The third-order valence-electron chi connectivity index (χ3n) is 5.81. The molecule has 0 bridgehead atoms. The lowest BCUT2D eigenvalue weighted by Gasteiger charge is -2.33. The van der Waals surface area contributed by atoms with Gasteiger partial charge < -0.3 is 15.0 Å². The SMILES string of the molecule is CCCCNC(=O)[C@H](CC)N(Cc1cccc(OC)c1)C(=O)CN(c1ccc(Br)c(C)c1)S(C)(=O)=O. The number of carbonyl (C=O) groups excluding carboxylic acids is 2. The normalized spacial score (nSPS) is 12.1. The minimum Gasteiger partial charge on any atom is -0.497 e. The van der Waals surface area contributed by atoms with Crippen molar-refractivity contribution < 1.29 is 22.7 Å². The van der Waals surface area contributed by atoms with Crippen LogP contribution in [-0.2, 0) is 26.2 Å². The number of halogens is 1. The summed E-state index contributed by atoms with van der Waals surface area (Å²) in [5, 5.41) is 2.91. The summed E-state index contributed by atoms with van der Waals surface area (Å²) >= 11 is 3.42. The summed E-state index contributed by atoms with van der Waals surface area (Å²) < 4.78 is 32.7. The zero-order chi connectivity index (χ0) is 26.9. The molecule has 0 unspecified atom stereocenters. The Balaban J connectivity index is 2.44. The van der Waals surface area contributed by atoms with Crippen molar-refractivity contribution in [1.82, 2.24) is 10.2 Å². The van der Waals surface area contributed by atoms with E-state index >= 15 is 0 Å². The first kappa shape index (κ1) is 29.6. The molecule has 0 aliphatic carbocycles. The van der Waals surface area contributed by atoms with Crippen LogP contribution in [0, 0.1) is 6.92 Å². The van der Waals surface area contributed by atoms with Gasteiger partial charge in [0.1, 0.15) is 18.3 Å². The molecule has 0 aliphatic heterocycles. The number of carbonyl (C=O) groups is 2. The number of methoxy groups -OCH3 is 1. The fourth-order valence-electron chi connectivity index (χ4n) is 3.79. The van der Waals surface area contributed by atoms with E-state index in [0.717, 1.165) is 39.0 Å². The summed E-state index contributed by atoms with van der Waals surface area (Å²) in [5.74, 6) is -0.0997. The number of hydrogen-bond acceptors (Lipinski definition) is 5. The zero-order valence-corrected chi connectivity index (χ0v) is 24.0. The molecule has 0 aromatic heterocycles. The molecule has 36 heavy (non-hydrogen) atoms. The van der Waals surface area contributed by atoms with Crippen LogP contribution in [0.1, 0.15) is 44.2 Å². The number of ether oxygens (including phenoxy) is 1. The Labute approximate surface area is 223 Å². The molecular weight excluding hydrogens is 546 g/mol. The highest BCUT2D eigenvalue weighted by Crippen LogP contribution is 2.25. The Morgan fingerprint density at radius 1 is 1.14 bits per heavy atom. The number of nitrogens with zero attached hydrogens (tertiary/aromatic N) is 2. The van der Waals surface area contributed by atoms with Crippen LogP contribution < -0.4 is 14.4 Å². The van der Waals surface area contributed by atoms with Gasteiger partial charge in [-0.25, -0.2) is 8.42 Å². The summed E-state index contributed by atoms with van der Waals surface area (Å²) in [4.78, 5) is 28.3. The molecule has 0 aliphatic rings. The van der Waals surface area contributed by atoms with Gasteiger partial charge in [0.2, 0.25) is 21.8 Å². The molecule has 10 heteroatoms. The summed E-state index contributed by atoms with van der Waals surface area (Å²) in [6, 6.07) is 11.6. The summed E-state index contributed by atoms with van der Waals surface area (Å²) in [6.07, 6.45) is 3.21. The molecule has 0 spiro atoms. The predicted octanol–water partition coefficient (Wildman–Crippen LogP) is 4.26. The largest absolute Gasteiger partial charge is 0.497 e. The van der Waals surface area contributed by atoms with E-state index in [-0.39, 0.29) is 12.5 Å². The van der Waals surface area contributed by atoms with Gasteiger partial charge in [0.15, 0.2) is 0 Å². The van der Waals surface area contributed by atoms with E-state index in [1.165, 1.54) is 4.90 Å². The van der Waals surface area contributed by atoms with Crippen LogP contribution in [-0.4, -0.2) is 57.6 Å². The highest BCUT2D eigenvalue weighted by Gasteiger charge is 2.31. The maximum atomic E-state index is 13.7. The fraction of sp³-hybridized carbons (Fsp3) is 0.462. The van der Waals surface area contributed by atoms with E-state index in [1.54, 1.807) is 37.4 Å². The first-order valence-corrected chi connectivity index (χ1v) is 14.6. The average Bonchev–Trinajstić information content (AvgIpc) is 2.83. The molecule has 2 aromatic carbocycles. The van der Waals surface area contributed by atoms with Gasteiger partial charge >= 0.3 is 0 Å². The van der Waals surface area contributed by atoms with Crippen molar-refractivity contribution in [3.05, 3.63) is 58.1 Å². The number of unbranched alkanes of at least 4 members (excludes halogenated alkanes) is 1. The van der Waals surface area contributed by atoms with Crippen LogP contribution in [0.25, 0.3) is 0 Å². The Bertz CT molecular complexity index is 1160. The van der Waals surface area contributed by atoms with Gasteiger partial charge in [-0.05, 0) is 61.2 Å². The lowest BCUT2D eigenvalue weighted by Crippen LogP contribution is -2.52. The number of anilines is 1. The first-order chi connectivity index (χ1) is 17.0. The number of hydrogen-bond donors (Lipinski definition) is 1. The second-order valence-corrected chi connectivity index (χ2v) is 11.4. The third-order valence-corrected chi connectivity index (χ3v) is 7.84. The summed E-state index contributed by atoms with van der Waals surface area (Å²) in [5.41, 5.74) is 1.99. The molecule has 8 nitrogen and oxygen atoms in total. The van der Waals surface area contributed by atoms with Crippen LogP contribution in [0.4, 0.5) is 5.69 Å². The van der Waals surface area contributed by atoms with Gasteiger partial charge in [-0.2, -0.15) is 0 Å². The summed E-state index contributed by atoms with van der Waals surface area (Å²) in [7, 11) is -2.22. The highest BCUT2D eigenvalue weighted by molar-refractivity contribution is 9.10. The van der Waals surface area contributed by atoms with Crippen LogP contribution in [0.2, 0.25) is 0 Å². The molecule has 2 amide bonds. The van der Waals surface area contributed by atoms with E-state index in [4.69, 9.17) is 4.74 Å². The van der Waals surface area contributed by atoms with Gasteiger partial charge in [-0.15, -0.1) is 0 Å². The van der Waals surface area contributed by atoms with Gasteiger partial charge in [0, 0.05) is 17.6 Å². The molecule has 198 valence electrons. The smallest absolute Gasteiger partial charge is 0.244 e. The predicted molar refractivity (Wildman–Crippen MR) is 147 cm³/mol. The standard InChI is InChI=1S/C26H36BrN3O5S/c1-6-8-14-28-26(32)24(7-2)29(17-20-10-9-11-22(16-20)35-4)25(31)18-30(36(5,33)34)21-12-13-23(27)19(3)15-21/h9-13,15-16,24H,6-8,14,17-18H2,1-5H3,(H,28,32)/t24-/m0/s1. The van der Waals surface area contributed by atoms with Crippen molar-refractivity contribution in [3.63, 3.8) is 0 Å². The van der Waals surface area contributed by atoms with E-state index in [0.29, 0.717) is 24.4 Å². The Hall–Kier alpha value is -2.59. The summed E-state index contributed by atoms with van der Waals surface area (Å²) in [6.45, 7) is 5.93. The van der Waals surface area contributed by atoms with Crippen molar-refractivity contribution in [3.8, 4) is 5.75 Å². The Morgan fingerprint density at radius 2 is 1.86 bits per heavy atom. The molecule has 0 saturated heterocycles. The Morgan fingerprint density at radius 3 is 2.44 bits per heavy atom. The number of sulfonamides is 1. The lowest BCUT2D eigenvalue weighted by molar-refractivity contribution is -0.140. The zero-order valence-electron chi connectivity index (χ0n) is 21.6. The molecule has 0 fully saturated rings. The highest BCUT2D eigenvalue weighted by atomic mass is 79.9. The van der Waals surface area contributed by atoms with Gasteiger partial charge in [-0.3, -0.25) is 13.9 Å². The third kappa shape index (κ3) is 8.23. The minimum absolute atomic E-state index is 0.132. The number of aryl methyl sites for hydroxylation is 1. The second kappa shape index (κ2) is 13.6. The molecule has 0 radical (unpaired) electrons. The van der Waals surface area contributed by atoms with Crippen molar-refractivity contribution in [1.29, 1.82) is 0 Å². The topological polar surface area (TPSA) is 96.0 Å². The van der Waals surface area contributed by atoms with Crippen LogP contribution in [0.3, 0.4) is 0 Å². The lowest BCUT2D eigenvalue weighted by atomic mass is 10.1. The minimum atomic E-state index is -3.78. The second-order valence-electron chi connectivity index (χ2n) is 8.64. The Kier molecular flexibility index (Phi) is 11.2. The van der Waals surface area contributed by atoms with Crippen LogP contribution in [0.5, 0.6) is 5.75 Å². The van der Waals surface area contributed by atoms with E-state index in [1.807, 2.05) is 32.9 Å². The molecular formula is C26H36BrN3O5S. The average molecular weight is 583 g/mol.